The van der Waals surface area contributed by atoms with E-state index in [1.165, 1.54) is 0 Å². The van der Waals surface area contributed by atoms with Crippen molar-refractivity contribution in [1.29, 1.82) is 0 Å². The summed E-state index contributed by atoms with van der Waals surface area (Å²) in [7, 11) is 0. The van der Waals surface area contributed by atoms with Crippen molar-refractivity contribution in [3.63, 3.8) is 0 Å². The fraction of sp³-hybridized carbons (Fsp3) is 0.583. The highest BCUT2D eigenvalue weighted by atomic mass is 79.9. The Bertz CT molecular complexity index is 397. The van der Waals surface area contributed by atoms with Crippen molar-refractivity contribution in [2.75, 3.05) is 11.9 Å². The van der Waals surface area contributed by atoms with Gasteiger partial charge in [0.2, 0.25) is 0 Å². The third-order valence-electron chi connectivity index (χ3n) is 3.03. The number of nitrogens with two attached hydrogens (primary N) is 1. The van der Waals surface area contributed by atoms with E-state index in [1.807, 2.05) is 26.1 Å². The van der Waals surface area contributed by atoms with Gasteiger partial charge in [-0.05, 0) is 47.8 Å². The summed E-state index contributed by atoms with van der Waals surface area (Å²) in [6.45, 7) is 4.73. The second kappa shape index (κ2) is 5.33. The molecule has 4 nitrogen and oxygen atoms in total. The largest absolute Gasteiger partial charge is 0.376 e. The van der Waals surface area contributed by atoms with Crippen LogP contribution in [0.5, 0.6) is 0 Å². The number of aryl methyl sites for hydroxylation is 1. The van der Waals surface area contributed by atoms with Crippen molar-refractivity contribution in [2.45, 2.75) is 38.5 Å². The SMILES string of the molecule is CCOC1CC(N)C1Nc1ncc(C)cc1Br. The van der Waals surface area contributed by atoms with Crippen LogP contribution in [-0.2, 0) is 4.74 Å². The van der Waals surface area contributed by atoms with Crippen molar-refractivity contribution < 1.29 is 4.74 Å². The molecule has 0 aliphatic heterocycles. The molecule has 1 aromatic heterocycles. The lowest BCUT2D eigenvalue weighted by atomic mass is 9.83. The van der Waals surface area contributed by atoms with Gasteiger partial charge in [-0.2, -0.15) is 0 Å². The molecule has 0 spiro atoms. The monoisotopic (exact) mass is 299 g/mol. The average molecular weight is 300 g/mol. The highest BCUT2D eigenvalue weighted by Gasteiger charge is 2.39. The lowest BCUT2D eigenvalue weighted by molar-refractivity contribution is -0.0127. The smallest absolute Gasteiger partial charge is 0.140 e. The highest BCUT2D eigenvalue weighted by molar-refractivity contribution is 9.10. The Labute approximate surface area is 110 Å². The van der Waals surface area contributed by atoms with Gasteiger partial charge >= 0.3 is 0 Å². The standard InChI is InChI=1S/C12H18BrN3O/c1-3-17-10-5-9(14)11(10)16-12-8(13)4-7(2)6-15-12/h4,6,9-11H,3,5,14H2,1-2H3,(H,15,16). The quantitative estimate of drug-likeness (QED) is 0.893. The van der Waals surface area contributed by atoms with Gasteiger partial charge in [0.1, 0.15) is 5.82 Å². The molecule has 0 amide bonds. The van der Waals surface area contributed by atoms with E-state index < -0.39 is 0 Å². The van der Waals surface area contributed by atoms with Gasteiger partial charge < -0.3 is 15.8 Å². The molecule has 17 heavy (non-hydrogen) atoms. The maximum atomic E-state index is 5.99. The second-order valence-corrected chi connectivity index (χ2v) is 5.26. The van der Waals surface area contributed by atoms with Gasteiger partial charge in [0.25, 0.3) is 0 Å². The second-order valence-electron chi connectivity index (χ2n) is 4.41. The Morgan fingerprint density at radius 2 is 2.41 bits per heavy atom. The predicted octanol–water partition coefficient (Wildman–Crippen LogP) is 2.07. The molecule has 1 aliphatic rings. The third kappa shape index (κ3) is 2.78. The van der Waals surface area contributed by atoms with Crippen molar-refractivity contribution in [2.24, 2.45) is 5.73 Å². The lowest BCUT2D eigenvalue weighted by Gasteiger charge is -2.42. The van der Waals surface area contributed by atoms with E-state index in [0.717, 1.165) is 28.9 Å². The van der Waals surface area contributed by atoms with Crippen LogP contribution in [0, 0.1) is 6.92 Å². The minimum atomic E-state index is 0.140. The molecule has 94 valence electrons. The maximum Gasteiger partial charge on any atom is 0.140 e. The van der Waals surface area contributed by atoms with Gasteiger partial charge in [-0.25, -0.2) is 4.98 Å². The maximum absolute atomic E-state index is 5.99. The first kappa shape index (κ1) is 12.8. The zero-order chi connectivity index (χ0) is 12.4. The van der Waals surface area contributed by atoms with E-state index in [0.29, 0.717) is 0 Å². The van der Waals surface area contributed by atoms with Crippen molar-refractivity contribution in [3.05, 3.63) is 22.3 Å². The lowest BCUT2D eigenvalue weighted by Crippen LogP contribution is -2.60. The van der Waals surface area contributed by atoms with E-state index in [4.69, 9.17) is 10.5 Å². The van der Waals surface area contributed by atoms with E-state index in [9.17, 15) is 0 Å². The van der Waals surface area contributed by atoms with E-state index in [1.54, 1.807) is 0 Å². The summed E-state index contributed by atoms with van der Waals surface area (Å²) in [6, 6.07) is 2.33. The topological polar surface area (TPSA) is 60.2 Å². The summed E-state index contributed by atoms with van der Waals surface area (Å²) < 4.78 is 6.58. The molecule has 1 heterocycles. The number of nitrogens with zero attached hydrogens (tertiary/aromatic N) is 1. The van der Waals surface area contributed by atoms with Crippen molar-refractivity contribution >= 4 is 21.7 Å². The molecular weight excluding hydrogens is 282 g/mol. The van der Waals surface area contributed by atoms with Crippen LogP contribution in [0.3, 0.4) is 0 Å². The summed E-state index contributed by atoms with van der Waals surface area (Å²) in [4.78, 5) is 4.36. The fourth-order valence-electron chi connectivity index (χ4n) is 2.02. The van der Waals surface area contributed by atoms with E-state index in [-0.39, 0.29) is 18.2 Å². The van der Waals surface area contributed by atoms with Crippen LogP contribution < -0.4 is 11.1 Å². The number of hydrogen-bond acceptors (Lipinski definition) is 4. The summed E-state index contributed by atoms with van der Waals surface area (Å²) >= 11 is 3.50. The van der Waals surface area contributed by atoms with Crippen molar-refractivity contribution in [3.8, 4) is 0 Å². The van der Waals surface area contributed by atoms with Gasteiger partial charge in [-0.1, -0.05) is 0 Å². The number of pyridine rings is 1. The van der Waals surface area contributed by atoms with E-state index in [2.05, 4.69) is 26.2 Å². The number of hydrogen-bond donors (Lipinski definition) is 2. The van der Waals surface area contributed by atoms with Crippen LogP contribution in [0.15, 0.2) is 16.7 Å². The molecule has 1 aromatic rings. The molecule has 5 heteroatoms. The van der Waals surface area contributed by atoms with Crippen LogP contribution >= 0.6 is 15.9 Å². The van der Waals surface area contributed by atoms with Gasteiger partial charge in [-0.3, -0.25) is 0 Å². The molecule has 1 saturated carbocycles. The Kier molecular flexibility index (Phi) is 4.01. The first-order valence-corrected chi connectivity index (χ1v) is 6.67. The molecule has 3 N–H and O–H groups in total. The molecule has 0 aromatic carbocycles. The molecule has 0 bridgehead atoms. The number of nitrogens with one attached hydrogen (secondary N) is 1. The number of ether oxygens (including phenoxy) is 1. The highest BCUT2D eigenvalue weighted by Crippen LogP contribution is 2.28. The number of rotatable bonds is 4. The molecule has 3 atom stereocenters. The van der Waals surface area contributed by atoms with Crippen LogP contribution in [-0.4, -0.2) is 29.8 Å². The van der Waals surface area contributed by atoms with Gasteiger partial charge in [0.05, 0.1) is 16.6 Å². The summed E-state index contributed by atoms with van der Waals surface area (Å²) in [6.07, 6.45) is 2.95. The molecule has 1 fully saturated rings. The van der Waals surface area contributed by atoms with Crippen LogP contribution in [0.1, 0.15) is 18.9 Å². The molecular formula is C12H18BrN3O. The summed E-state index contributed by atoms with van der Waals surface area (Å²) in [5.74, 6) is 0.834. The van der Waals surface area contributed by atoms with Gasteiger partial charge in [0.15, 0.2) is 0 Å². The zero-order valence-corrected chi connectivity index (χ0v) is 11.7. The normalized spacial score (nSPS) is 27.6. The molecule has 0 saturated heterocycles. The van der Waals surface area contributed by atoms with Crippen LogP contribution in [0.2, 0.25) is 0 Å². The Morgan fingerprint density at radius 1 is 1.65 bits per heavy atom. The van der Waals surface area contributed by atoms with Crippen molar-refractivity contribution in [1.82, 2.24) is 4.98 Å². The minimum absolute atomic E-state index is 0.140. The molecule has 2 rings (SSSR count). The molecule has 0 radical (unpaired) electrons. The average Bonchev–Trinajstić information content (AvgIpc) is 2.27. The van der Waals surface area contributed by atoms with Gasteiger partial charge in [-0.15, -0.1) is 0 Å². The summed E-state index contributed by atoms with van der Waals surface area (Å²) in [5.41, 5.74) is 7.11. The Balaban J connectivity index is 2.04. The first-order valence-electron chi connectivity index (χ1n) is 5.87. The minimum Gasteiger partial charge on any atom is -0.376 e. The number of anilines is 1. The molecule has 3 unspecified atom stereocenters. The van der Waals surface area contributed by atoms with Gasteiger partial charge in [0, 0.05) is 18.8 Å². The Hall–Kier alpha value is -0.650. The number of halogens is 1. The zero-order valence-electron chi connectivity index (χ0n) is 10.1. The fourth-order valence-corrected chi connectivity index (χ4v) is 2.60. The predicted molar refractivity (Wildman–Crippen MR) is 72.1 cm³/mol. The Morgan fingerprint density at radius 3 is 3.00 bits per heavy atom. The van der Waals surface area contributed by atoms with Crippen LogP contribution in [0.25, 0.3) is 0 Å². The number of aromatic nitrogens is 1. The van der Waals surface area contributed by atoms with Crippen LogP contribution in [0.4, 0.5) is 5.82 Å². The van der Waals surface area contributed by atoms with E-state index >= 15 is 0 Å². The molecule has 1 aliphatic carbocycles. The first-order chi connectivity index (χ1) is 8.11. The summed E-state index contributed by atoms with van der Waals surface area (Å²) in [5, 5.41) is 3.35. The third-order valence-corrected chi connectivity index (χ3v) is 3.63.